The predicted octanol–water partition coefficient (Wildman–Crippen LogP) is 0.204. The van der Waals surface area contributed by atoms with E-state index in [1.54, 1.807) is 10.9 Å². The van der Waals surface area contributed by atoms with E-state index in [1.807, 2.05) is 12.3 Å². The van der Waals surface area contributed by atoms with Gasteiger partial charge in [0.15, 0.2) is 0 Å². The Labute approximate surface area is 125 Å². The average molecular weight is 314 g/mol. The van der Waals surface area contributed by atoms with Gasteiger partial charge >= 0.3 is 0 Å². The molecule has 0 unspecified atom stereocenters. The van der Waals surface area contributed by atoms with E-state index in [9.17, 15) is 13.2 Å². The fourth-order valence-electron chi connectivity index (χ4n) is 2.57. The summed E-state index contributed by atoms with van der Waals surface area (Å²) in [6.07, 6.45) is 7.81. The van der Waals surface area contributed by atoms with Crippen LogP contribution in [0.2, 0.25) is 0 Å². The van der Waals surface area contributed by atoms with Crippen molar-refractivity contribution < 1.29 is 13.2 Å². The number of rotatable bonds is 6. The summed E-state index contributed by atoms with van der Waals surface area (Å²) in [6.45, 7) is 1.69. The molecule has 8 heteroatoms. The van der Waals surface area contributed by atoms with Crippen LogP contribution in [0.5, 0.6) is 0 Å². The molecule has 0 radical (unpaired) electrons. The third-order valence-electron chi connectivity index (χ3n) is 3.60. The van der Waals surface area contributed by atoms with Crippen LogP contribution in [0, 0.1) is 0 Å². The van der Waals surface area contributed by atoms with Gasteiger partial charge in [0, 0.05) is 32.0 Å². The zero-order valence-electron chi connectivity index (χ0n) is 12.2. The zero-order valence-corrected chi connectivity index (χ0v) is 13.1. The molecule has 118 valence electrons. The lowest BCUT2D eigenvalue weighted by Crippen LogP contribution is -2.51. The Kier molecular flexibility index (Phi) is 5.35. The number of nitrogens with one attached hydrogen (secondary N) is 1. The Morgan fingerprint density at radius 3 is 2.90 bits per heavy atom. The quantitative estimate of drug-likeness (QED) is 0.760. The van der Waals surface area contributed by atoms with Crippen molar-refractivity contribution in [3.63, 3.8) is 0 Å². The van der Waals surface area contributed by atoms with Crippen LogP contribution in [0.4, 0.5) is 0 Å². The van der Waals surface area contributed by atoms with Gasteiger partial charge in [-0.1, -0.05) is 6.42 Å². The first-order chi connectivity index (χ1) is 9.98. The van der Waals surface area contributed by atoms with E-state index < -0.39 is 16.1 Å². The Morgan fingerprint density at radius 1 is 1.43 bits per heavy atom. The molecule has 0 aliphatic carbocycles. The molecule has 21 heavy (non-hydrogen) atoms. The number of amides is 1. The third-order valence-corrected chi connectivity index (χ3v) is 4.89. The zero-order chi connectivity index (χ0) is 15.3. The van der Waals surface area contributed by atoms with Crippen LogP contribution < -0.4 is 5.32 Å². The lowest BCUT2D eigenvalue weighted by molar-refractivity contribution is -0.125. The number of hydrogen-bond donors (Lipinski definition) is 1. The maximum absolute atomic E-state index is 12.2. The van der Waals surface area contributed by atoms with Gasteiger partial charge in [0.05, 0.1) is 6.26 Å². The standard InChI is InChI=1S/C13H22N4O3S/c1-21(19,20)17-11-3-2-6-12(17)13(18)14-7-4-9-16-10-5-8-15-16/h5,8,10,12H,2-4,6-7,9,11H2,1H3,(H,14,18)/t12-/m0/s1. The molecule has 0 spiro atoms. The van der Waals surface area contributed by atoms with Gasteiger partial charge in [-0.2, -0.15) is 9.40 Å². The molecule has 7 nitrogen and oxygen atoms in total. The summed E-state index contributed by atoms with van der Waals surface area (Å²) in [5, 5.41) is 6.91. The molecule has 0 bridgehead atoms. The number of nitrogens with zero attached hydrogens (tertiary/aromatic N) is 3. The fraction of sp³-hybridized carbons (Fsp3) is 0.692. The number of sulfonamides is 1. The van der Waals surface area contributed by atoms with E-state index in [0.717, 1.165) is 32.1 Å². The molecule has 2 rings (SSSR count). The van der Waals surface area contributed by atoms with Crippen molar-refractivity contribution in [3.8, 4) is 0 Å². The summed E-state index contributed by atoms with van der Waals surface area (Å²) in [5.74, 6) is -0.194. The smallest absolute Gasteiger partial charge is 0.238 e. The number of carbonyl (C=O) groups is 1. The minimum absolute atomic E-state index is 0.194. The summed E-state index contributed by atoms with van der Waals surface area (Å²) >= 11 is 0. The first-order valence-electron chi connectivity index (χ1n) is 7.20. The van der Waals surface area contributed by atoms with Crippen molar-refractivity contribution in [3.05, 3.63) is 18.5 Å². The molecule has 0 aromatic carbocycles. The van der Waals surface area contributed by atoms with Gasteiger partial charge in [-0.15, -0.1) is 0 Å². The molecule has 1 amide bonds. The van der Waals surface area contributed by atoms with E-state index >= 15 is 0 Å². The van der Waals surface area contributed by atoms with Crippen LogP contribution in [-0.4, -0.2) is 53.8 Å². The van der Waals surface area contributed by atoms with Crippen molar-refractivity contribution in [1.29, 1.82) is 0 Å². The second-order valence-corrected chi connectivity index (χ2v) is 7.23. The molecule has 1 aromatic heterocycles. The predicted molar refractivity (Wildman–Crippen MR) is 79.0 cm³/mol. The lowest BCUT2D eigenvalue weighted by atomic mass is 10.0. The van der Waals surface area contributed by atoms with E-state index in [-0.39, 0.29) is 5.91 Å². The molecule has 1 atom stereocenters. The van der Waals surface area contributed by atoms with Crippen LogP contribution in [0.15, 0.2) is 18.5 Å². The maximum atomic E-state index is 12.2. The topological polar surface area (TPSA) is 84.3 Å². The number of hydrogen-bond acceptors (Lipinski definition) is 4. The van der Waals surface area contributed by atoms with Gasteiger partial charge in [0.2, 0.25) is 15.9 Å². The molecule has 1 aliphatic rings. The molecule has 1 N–H and O–H groups in total. The van der Waals surface area contributed by atoms with Crippen LogP contribution in [0.1, 0.15) is 25.7 Å². The van der Waals surface area contributed by atoms with Crippen LogP contribution >= 0.6 is 0 Å². The Hall–Kier alpha value is -1.41. The fourth-order valence-corrected chi connectivity index (χ4v) is 3.69. The summed E-state index contributed by atoms with van der Waals surface area (Å²) in [5.41, 5.74) is 0. The largest absolute Gasteiger partial charge is 0.355 e. The molecule has 2 heterocycles. The number of aromatic nitrogens is 2. The highest BCUT2D eigenvalue weighted by molar-refractivity contribution is 7.88. The minimum atomic E-state index is -3.33. The highest BCUT2D eigenvalue weighted by Gasteiger charge is 2.34. The van der Waals surface area contributed by atoms with Gasteiger partial charge in [0.25, 0.3) is 0 Å². The van der Waals surface area contributed by atoms with Gasteiger partial charge < -0.3 is 5.32 Å². The van der Waals surface area contributed by atoms with E-state index in [1.165, 1.54) is 4.31 Å². The molecular weight excluding hydrogens is 292 g/mol. The number of carbonyl (C=O) groups excluding carboxylic acids is 1. The molecule has 0 saturated carbocycles. The lowest BCUT2D eigenvalue weighted by Gasteiger charge is -2.32. The Bertz CT molecular complexity index is 556. The summed E-state index contributed by atoms with van der Waals surface area (Å²) < 4.78 is 26.6. The molecule has 1 fully saturated rings. The second kappa shape index (κ2) is 7.04. The monoisotopic (exact) mass is 314 g/mol. The summed E-state index contributed by atoms with van der Waals surface area (Å²) in [6, 6.07) is 1.29. The van der Waals surface area contributed by atoms with Crippen LogP contribution in [-0.2, 0) is 21.4 Å². The normalized spacial score (nSPS) is 20.3. The maximum Gasteiger partial charge on any atom is 0.238 e. The van der Waals surface area contributed by atoms with E-state index in [2.05, 4.69) is 10.4 Å². The first kappa shape index (κ1) is 16.0. The van der Waals surface area contributed by atoms with Crippen LogP contribution in [0.3, 0.4) is 0 Å². The Morgan fingerprint density at radius 2 is 2.24 bits per heavy atom. The molecular formula is C13H22N4O3S. The van der Waals surface area contributed by atoms with Crippen LogP contribution in [0.25, 0.3) is 0 Å². The van der Waals surface area contributed by atoms with Gasteiger partial charge in [-0.05, 0) is 25.3 Å². The highest BCUT2D eigenvalue weighted by Crippen LogP contribution is 2.19. The average Bonchev–Trinajstić information content (AvgIpc) is 2.95. The molecule has 1 saturated heterocycles. The molecule has 1 aromatic rings. The van der Waals surface area contributed by atoms with E-state index in [0.29, 0.717) is 19.5 Å². The van der Waals surface area contributed by atoms with Crippen molar-refractivity contribution in [1.82, 2.24) is 19.4 Å². The van der Waals surface area contributed by atoms with Crippen molar-refractivity contribution in [2.24, 2.45) is 0 Å². The van der Waals surface area contributed by atoms with Gasteiger partial charge in [-0.25, -0.2) is 8.42 Å². The van der Waals surface area contributed by atoms with Gasteiger partial charge in [-0.3, -0.25) is 9.48 Å². The van der Waals surface area contributed by atoms with Crippen molar-refractivity contribution in [2.45, 2.75) is 38.3 Å². The number of piperidine rings is 1. The van der Waals surface area contributed by atoms with E-state index in [4.69, 9.17) is 0 Å². The minimum Gasteiger partial charge on any atom is -0.355 e. The summed E-state index contributed by atoms with van der Waals surface area (Å²) in [7, 11) is -3.33. The summed E-state index contributed by atoms with van der Waals surface area (Å²) in [4.78, 5) is 12.2. The molecule has 1 aliphatic heterocycles. The first-order valence-corrected chi connectivity index (χ1v) is 9.05. The Balaban J connectivity index is 1.81. The highest BCUT2D eigenvalue weighted by atomic mass is 32.2. The second-order valence-electron chi connectivity index (χ2n) is 5.30. The third kappa shape index (κ3) is 4.53. The number of aryl methyl sites for hydroxylation is 1. The van der Waals surface area contributed by atoms with Crippen molar-refractivity contribution in [2.75, 3.05) is 19.3 Å². The van der Waals surface area contributed by atoms with Crippen molar-refractivity contribution >= 4 is 15.9 Å². The van der Waals surface area contributed by atoms with Gasteiger partial charge in [0.1, 0.15) is 6.04 Å². The SMILES string of the molecule is CS(=O)(=O)N1CCCC[C@H]1C(=O)NCCCn1cccn1.